The van der Waals surface area contributed by atoms with Crippen molar-refractivity contribution in [2.45, 2.75) is 6.42 Å². The molecule has 15 heavy (non-hydrogen) atoms. The third-order valence-corrected chi connectivity index (χ3v) is 1.99. The van der Waals surface area contributed by atoms with E-state index in [9.17, 15) is 9.59 Å². The zero-order valence-electron chi connectivity index (χ0n) is 8.35. The molecular formula is C11H14NO3+. The van der Waals surface area contributed by atoms with Crippen molar-refractivity contribution in [2.75, 3.05) is 13.1 Å². The maximum atomic E-state index is 11.5. The molecule has 0 atom stereocenters. The summed E-state index contributed by atoms with van der Waals surface area (Å²) in [6.45, 7) is 0.530. The largest absolute Gasteiger partial charge is 0.477 e. The number of carboxylic acids is 1. The Morgan fingerprint density at radius 3 is 2.47 bits per heavy atom. The molecule has 1 aromatic carbocycles. The lowest BCUT2D eigenvalue weighted by atomic mass is 10.1. The predicted octanol–water partition coefficient (Wildman–Crippen LogP) is -0.0926. The summed E-state index contributed by atoms with van der Waals surface area (Å²) >= 11 is 0. The number of hydrogen-bond acceptors (Lipinski definition) is 2. The molecule has 0 aromatic heterocycles. The van der Waals surface area contributed by atoms with Gasteiger partial charge in [-0.25, -0.2) is 4.79 Å². The van der Waals surface area contributed by atoms with Crippen LogP contribution in [-0.2, 0) is 4.79 Å². The average Bonchev–Trinajstić information content (AvgIpc) is 2.25. The van der Waals surface area contributed by atoms with Crippen LogP contribution in [0.5, 0.6) is 0 Å². The van der Waals surface area contributed by atoms with Crippen LogP contribution in [0.3, 0.4) is 0 Å². The lowest BCUT2D eigenvalue weighted by molar-refractivity contribution is -0.644. The first-order valence-electron chi connectivity index (χ1n) is 4.82. The van der Waals surface area contributed by atoms with Gasteiger partial charge in [-0.1, -0.05) is 30.3 Å². The lowest BCUT2D eigenvalue weighted by Gasteiger charge is -1.99. The number of ketones is 1. The van der Waals surface area contributed by atoms with Crippen LogP contribution in [-0.4, -0.2) is 29.9 Å². The molecule has 0 aliphatic heterocycles. The standard InChI is InChI=1S/C11H13NO3/c13-10(6-7-12-8-11(14)15)9-4-2-1-3-5-9/h1-5,12H,6-8H2,(H,14,15)/p+1. The Labute approximate surface area is 87.9 Å². The SMILES string of the molecule is O=C(O)C[NH2+]CCC(=O)c1ccccc1. The molecule has 0 saturated carbocycles. The predicted molar refractivity (Wildman–Crippen MR) is 54.7 cm³/mol. The summed E-state index contributed by atoms with van der Waals surface area (Å²) in [4.78, 5) is 21.7. The minimum Gasteiger partial charge on any atom is -0.477 e. The Bertz CT molecular complexity index is 335. The van der Waals surface area contributed by atoms with Gasteiger partial charge in [0.2, 0.25) is 0 Å². The highest BCUT2D eigenvalue weighted by atomic mass is 16.4. The first kappa shape index (κ1) is 11.4. The normalized spacial score (nSPS) is 9.87. The van der Waals surface area contributed by atoms with Gasteiger partial charge in [-0.05, 0) is 0 Å². The number of rotatable bonds is 6. The topological polar surface area (TPSA) is 71.0 Å². The first-order valence-corrected chi connectivity index (χ1v) is 4.82. The Balaban J connectivity index is 2.28. The molecule has 1 aromatic rings. The first-order chi connectivity index (χ1) is 7.20. The van der Waals surface area contributed by atoms with E-state index >= 15 is 0 Å². The third kappa shape index (κ3) is 4.37. The smallest absolute Gasteiger partial charge is 0.359 e. The van der Waals surface area contributed by atoms with E-state index in [0.717, 1.165) is 0 Å². The maximum absolute atomic E-state index is 11.5. The molecule has 1 rings (SSSR count). The number of Topliss-reactive ketones (excluding diaryl/α,β-unsaturated/α-hetero) is 1. The van der Waals surface area contributed by atoms with E-state index in [1.54, 1.807) is 17.4 Å². The number of carboxylic acid groups (broad SMARTS) is 1. The van der Waals surface area contributed by atoms with Gasteiger partial charge in [-0.15, -0.1) is 0 Å². The zero-order chi connectivity index (χ0) is 11.1. The fourth-order valence-corrected chi connectivity index (χ4v) is 1.23. The number of carbonyl (C=O) groups excluding carboxylic acids is 1. The van der Waals surface area contributed by atoms with E-state index < -0.39 is 5.97 Å². The zero-order valence-corrected chi connectivity index (χ0v) is 8.35. The molecule has 0 amide bonds. The summed E-state index contributed by atoms with van der Waals surface area (Å²) in [5.74, 6) is -0.806. The van der Waals surface area contributed by atoms with Gasteiger partial charge in [-0.2, -0.15) is 0 Å². The van der Waals surface area contributed by atoms with Crippen molar-refractivity contribution >= 4 is 11.8 Å². The molecule has 0 spiro atoms. The van der Waals surface area contributed by atoms with Crippen LogP contribution < -0.4 is 5.32 Å². The van der Waals surface area contributed by atoms with Crippen LogP contribution in [0.25, 0.3) is 0 Å². The number of quaternary nitrogens is 1. The van der Waals surface area contributed by atoms with Gasteiger partial charge < -0.3 is 10.4 Å². The molecule has 80 valence electrons. The maximum Gasteiger partial charge on any atom is 0.359 e. The van der Waals surface area contributed by atoms with E-state index in [-0.39, 0.29) is 12.3 Å². The summed E-state index contributed by atoms with van der Waals surface area (Å²) in [5.41, 5.74) is 0.682. The highest BCUT2D eigenvalue weighted by Crippen LogP contribution is 2.01. The van der Waals surface area contributed by atoms with Gasteiger partial charge in [0.15, 0.2) is 12.3 Å². The quantitative estimate of drug-likeness (QED) is 0.507. The highest BCUT2D eigenvalue weighted by Gasteiger charge is 2.06. The van der Waals surface area contributed by atoms with Crippen molar-refractivity contribution < 1.29 is 20.0 Å². The van der Waals surface area contributed by atoms with Crippen molar-refractivity contribution in [3.8, 4) is 0 Å². The van der Waals surface area contributed by atoms with Gasteiger partial charge in [0.1, 0.15) is 0 Å². The minimum absolute atomic E-state index is 0.0159. The van der Waals surface area contributed by atoms with Gasteiger partial charge in [0.05, 0.1) is 13.0 Å². The van der Waals surface area contributed by atoms with Crippen LogP contribution in [0.15, 0.2) is 30.3 Å². The molecular weight excluding hydrogens is 194 g/mol. The molecule has 3 N–H and O–H groups in total. The van der Waals surface area contributed by atoms with Crippen molar-refractivity contribution in [1.29, 1.82) is 0 Å². The molecule has 0 saturated heterocycles. The second-order valence-electron chi connectivity index (χ2n) is 3.21. The number of benzene rings is 1. The molecule has 0 radical (unpaired) electrons. The van der Waals surface area contributed by atoms with Crippen molar-refractivity contribution in [3.05, 3.63) is 35.9 Å². The van der Waals surface area contributed by atoms with Crippen LogP contribution in [0.1, 0.15) is 16.8 Å². The molecule has 0 aliphatic carbocycles. The highest BCUT2D eigenvalue weighted by molar-refractivity contribution is 5.95. The fraction of sp³-hybridized carbons (Fsp3) is 0.273. The van der Waals surface area contributed by atoms with E-state index in [2.05, 4.69) is 0 Å². The van der Waals surface area contributed by atoms with Gasteiger partial charge in [0.25, 0.3) is 0 Å². The number of nitrogens with two attached hydrogens (primary N) is 1. The van der Waals surface area contributed by atoms with Crippen LogP contribution in [0, 0.1) is 0 Å². The Hall–Kier alpha value is -1.68. The van der Waals surface area contributed by atoms with Crippen LogP contribution >= 0.6 is 0 Å². The lowest BCUT2D eigenvalue weighted by Crippen LogP contribution is -2.86. The van der Waals surface area contributed by atoms with Gasteiger partial charge in [-0.3, -0.25) is 4.79 Å². The minimum atomic E-state index is -0.859. The Morgan fingerprint density at radius 2 is 1.87 bits per heavy atom. The van der Waals surface area contributed by atoms with E-state index in [0.29, 0.717) is 18.5 Å². The summed E-state index contributed by atoms with van der Waals surface area (Å²) in [7, 11) is 0. The summed E-state index contributed by atoms with van der Waals surface area (Å²) in [6, 6.07) is 9.01. The third-order valence-electron chi connectivity index (χ3n) is 1.99. The molecule has 4 nitrogen and oxygen atoms in total. The average molecular weight is 208 g/mol. The molecule has 0 fully saturated rings. The molecule has 0 unspecified atom stereocenters. The number of hydrogen-bond donors (Lipinski definition) is 2. The number of aliphatic carboxylic acids is 1. The van der Waals surface area contributed by atoms with Crippen molar-refractivity contribution in [1.82, 2.24) is 0 Å². The van der Waals surface area contributed by atoms with E-state index in [1.165, 1.54) is 0 Å². The Kier molecular flexibility index (Phi) is 4.50. The van der Waals surface area contributed by atoms with Crippen molar-refractivity contribution in [3.63, 3.8) is 0 Å². The van der Waals surface area contributed by atoms with Gasteiger partial charge in [0, 0.05) is 5.56 Å². The molecule has 0 heterocycles. The van der Waals surface area contributed by atoms with Gasteiger partial charge >= 0.3 is 5.97 Å². The molecule has 0 bridgehead atoms. The number of carbonyl (C=O) groups is 2. The second kappa shape index (κ2) is 5.93. The summed E-state index contributed by atoms with van der Waals surface area (Å²) in [5, 5.41) is 9.99. The van der Waals surface area contributed by atoms with Crippen molar-refractivity contribution in [2.24, 2.45) is 0 Å². The fourth-order valence-electron chi connectivity index (χ4n) is 1.23. The monoisotopic (exact) mass is 208 g/mol. The summed E-state index contributed by atoms with van der Waals surface area (Å²) in [6.07, 6.45) is 0.372. The Morgan fingerprint density at radius 1 is 1.20 bits per heavy atom. The van der Waals surface area contributed by atoms with E-state index in [4.69, 9.17) is 5.11 Å². The van der Waals surface area contributed by atoms with Crippen LogP contribution in [0.4, 0.5) is 0 Å². The van der Waals surface area contributed by atoms with Crippen LogP contribution in [0.2, 0.25) is 0 Å². The molecule has 4 heteroatoms. The summed E-state index contributed by atoms with van der Waals surface area (Å²) < 4.78 is 0. The second-order valence-corrected chi connectivity index (χ2v) is 3.21. The van der Waals surface area contributed by atoms with E-state index in [1.807, 2.05) is 18.2 Å². The molecule has 0 aliphatic rings.